The molecule has 1 amide bonds. The van der Waals surface area contributed by atoms with Crippen LogP contribution in [0.15, 0.2) is 12.3 Å². The Balaban J connectivity index is 2.85. The predicted octanol–water partition coefficient (Wildman–Crippen LogP) is 2.91. The number of rotatable bonds is 3. The number of hydrogen-bond donors (Lipinski definition) is 1. The lowest BCUT2D eigenvalue weighted by Crippen LogP contribution is -2.27. The number of esters is 1. The number of anilines is 1. The van der Waals surface area contributed by atoms with Gasteiger partial charge in [-0.05, 0) is 40.7 Å². The molecular formula is C14H20N2O4. The van der Waals surface area contributed by atoms with Gasteiger partial charge in [-0.1, -0.05) is 0 Å². The van der Waals surface area contributed by atoms with Crippen molar-refractivity contribution in [3.05, 3.63) is 23.5 Å². The van der Waals surface area contributed by atoms with E-state index in [1.54, 1.807) is 34.6 Å². The third kappa shape index (κ3) is 4.87. The van der Waals surface area contributed by atoms with E-state index < -0.39 is 17.7 Å². The van der Waals surface area contributed by atoms with E-state index in [-0.39, 0.29) is 6.61 Å². The number of carbonyl (C=O) groups excluding carboxylic acids is 2. The normalized spacial score (nSPS) is 10.8. The molecule has 1 aromatic rings. The Kier molecular flexibility index (Phi) is 5.07. The minimum Gasteiger partial charge on any atom is -0.462 e. The molecule has 6 nitrogen and oxygen atoms in total. The number of nitrogens with one attached hydrogen (secondary N) is 1. The average Bonchev–Trinajstić information content (AvgIpc) is 2.29. The first-order chi connectivity index (χ1) is 9.23. The monoisotopic (exact) mass is 280 g/mol. The summed E-state index contributed by atoms with van der Waals surface area (Å²) in [5, 5.41) is 2.53. The first-order valence-corrected chi connectivity index (χ1v) is 6.36. The van der Waals surface area contributed by atoms with E-state index in [2.05, 4.69) is 10.3 Å². The Morgan fingerprint density at radius 3 is 2.55 bits per heavy atom. The zero-order chi connectivity index (χ0) is 15.3. The summed E-state index contributed by atoms with van der Waals surface area (Å²) in [5.74, 6) is -0.467. The Bertz CT molecular complexity index is 506. The minimum absolute atomic E-state index is 0.280. The lowest BCUT2D eigenvalue weighted by atomic mass is 10.2. The van der Waals surface area contributed by atoms with Crippen molar-refractivity contribution in [2.45, 2.75) is 40.2 Å². The van der Waals surface area contributed by atoms with E-state index >= 15 is 0 Å². The number of amides is 1. The Morgan fingerprint density at radius 1 is 1.35 bits per heavy atom. The van der Waals surface area contributed by atoms with Crippen LogP contribution in [0.4, 0.5) is 10.5 Å². The molecule has 0 saturated carbocycles. The molecule has 1 N–H and O–H groups in total. The first kappa shape index (κ1) is 15.9. The highest BCUT2D eigenvalue weighted by atomic mass is 16.6. The zero-order valence-corrected chi connectivity index (χ0v) is 12.4. The fourth-order valence-corrected chi connectivity index (χ4v) is 1.44. The highest BCUT2D eigenvalue weighted by Crippen LogP contribution is 2.15. The molecule has 0 radical (unpaired) electrons. The quantitative estimate of drug-likeness (QED) is 0.861. The van der Waals surface area contributed by atoms with Crippen LogP contribution < -0.4 is 5.32 Å². The Labute approximate surface area is 118 Å². The summed E-state index contributed by atoms with van der Waals surface area (Å²) in [6, 6.07) is 1.52. The molecule has 0 bridgehead atoms. The average molecular weight is 280 g/mol. The highest BCUT2D eigenvalue weighted by Gasteiger charge is 2.17. The van der Waals surface area contributed by atoms with Gasteiger partial charge in [-0.2, -0.15) is 0 Å². The van der Waals surface area contributed by atoms with Gasteiger partial charge in [0.2, 0.25) is 0 Å². The van der Waals surface area contributed by atoms with Crippen LogP contribution in [0.2, 0.25) is 0 Å². The van der Waals surface area contributed by atoms with Crippen molar-refractivity contribution in [2.24, 2.45) is 0 Å². The largest absolute Gasteiger partial charge is 0.462 e. The zero-order valence-electron chi connectivity index (χ0n) is 12.4. The molecule has 0 fully saturated rings. The van der Waals surface area contributed by atoms with E-state index in [1.807, 2.05) is 0 Å². The summed E-state index contributed by atoms with van der Waals surface area (Å²) < 4.78 is 10.1. The van der Waals surface area contributed by atoms with E-state index in [0.29, 0.717) is 16.9 Å². The fourth-order valence-electron chi connectivity index (χ4n) is 1.44. The number of ether oxygens (including phenoxy) is 2. The molecule has 6 heteroatoms. The maximum absolute atomic E-state index is 11.7. The summed E-state index contributed by atoms with van der Waals surface area (Å²) in [6.45, 7) is 9.01. The van der Waals surface area contributed by atoms with Gasteiger partial charge >= 0.3 is 12.1 Å². The van der Waals surface area contributed by atoms with Crippen LogP contribution >= 0.6 is 0 Å². The Hall–Kier alpha value is -2.11. The summed E-state index contributed by atoms with van der Waals surface area (Å²) in [6.07, 6.45) is 0.861. The van der Waals surface area contributed by atoms with Crippen LogP contribution in [0.3, 0.4) is 0 Å². The number of nitrogens with zero attached hydrogens (tertiary/aromatic N) is 1. The molecule has 110 valence electrons. The van der Waals surface area contributed by atoms with Gasteiger partial charge in [0.25, 0.3) is 0 Å². The molecule has 1 heterocycles. The second kappa shape index (κ2) is 6.36. The van der Waals surface area contributed by atoms with E-state index in [9.17, 15) is 9.59 Å². The van der Waals surface area contributed by atoms with Crippen LogP contribution in [0.1, 0.15) is 43.7 Å². The fraction of sp³-hybridized carbons (Fsp3) is 0.500. The van der Waals surface area contributed by atoms with Crippen LogP contribution in [-0.4, -0.2) is 29.3 Å². The van der Waals surface area contributed by atoms with Gasteiger partial charge in [-0.3, -0.25) is 10.3 Å². The molecule has 0 aromatic carbocycles. The molecule has 0 aliphatic heterocycles. The number of aryl methyl sites for hydroxylation is 1. The smallest absolute Gasteiger partial charge is 0.412 e. The molecule has 0 unspecified atom stereocenters. The van der Waals surface area contributed by atoms with Crippen LogP contribution in [0.5, 0.6) is 0 Å². The van der Waals surface area contributed by atoms with E-state index in [0.717, 1.165) is 0 Å². The van der Waals surface area contributed by atoms with Crippen molar-refractivity contribution in [2.75, 3.05) is 11.9 Å². The van der Waals surface area contributed by atoms with Crippen LogP contribution in [0, 0.1) is 6.92 Å². The van der Waals surface area contributed by atoms with Crippen molar-refractivity contribution in [3.8, 4) is 0 Å². The van der Waals surface area contributed by atoms with Gasteiger partial charge in [0.05, 0.1) is 29.7 Å². The summed E-state index contributed by atoms with van der Waals surface area (Å²) in [7, 11) is 0. The molecule has 0 saturated heterocycles. The summed E-state index contributed by atoms with van der Waals surface area (Å²) >= 11 is 0. The minimum atomic E-state index is -0.599. The third-order valence-corrected chi connectivity index (χ3v) is 2.23. The second-order valence-corrected chi connectivity index (χ2v) is 5.20. The molecule has 1 aromatic heterocycles. The van der Waals surface area contributed by atoms with Gasteiger partial charge in [0.1, 0.15) is 5.60 Å². The standard InChI is InChI=1S/C14H20N2O4/c1-6-19-12(17)11-7-10(8-15-9(11)2)16-13(18)20-14(3,4)5/h7-8H,6H2,1-5H3,(H,16,18). The van der Waals surface area contributed by atoms with Gasteiger partial charge in [0, 0.05) is 0 Å². The Morgan fingerprint density at radius 2 is 2.00 bits per heavy atom. The SMILES string of the molecule is CCOC(=O)c1cc(NC(=O)OC(C)(C)C)cnc1C. The highest BCUT2D eigenvalue weighted by molar-refractivity contribution is 5.93. The maximum Gasteiger partial charge on any atom is 0.412 e. The molecule has 20 heavy (non-hydrogen) atoms. The van der Waals surface area contributed by atoms with Crippen molar-refractivity contribution in [1.29, 1.82) is 0 Å². The van der Waals surface area contributed by atoms with Crippen molar-refractivity contribution < 1.29 is 19.1 Å². The van der Waals surface area contributed by atoms with Crippen molar-refractivity contribution in [3.63, 3.8) is 0 Å². The molecule has 1 rings (SSSR count). The first-order valence-electron chi connectivity index (χ1n) is 6.36. The molecular weight excluding hydrogens is 260 g/mol. The number of carbonyl (C=O) groups is 2. The van der Waals surface area contributed by atoms with Crippen molar-refractivity contribution >= 4 is 17.7 Å². The molecule has 0 aliphatic carbocycles. The molecule has 0 aliphatic rings. The lowest BCUT2D eigenvalue weighted by molar-refractivity contribution is 0.0523. The van der Waals surface area contributed by atoms with E-state index in [1.165, 1.54) is 12.3 Å². The lowest BCUT2D eigenvalue weighted by Gasteiger charge is -2.19. The molecule has 0 spiro atoms. The summed E-state index contributed by atoms with van der Waals surface area (Å²) in [5.41, 5.74) is 0.651. The number of aromatic nitrogens is 1. The second-order valence-electron chi connectivity index (χ2n) is 5.20. The maximum atomic E-state index is 11.7. The van der Waals surface area contributed by atoms with Gasteiger partial charge in [-0.25, -0.2) is 9.59 Å². The predicted molar refractivity (Wildman–Crippen MR) is 74.8 cm³/mol. The van der Waals surface area contributed by atoms with Crippen LogP contribution in [-0.2, 0) is 9.47 Å². The molecule has 0 atom stereocenters. The number of pyridine rings is 1. The van der Waals surface area contributed by atoms with Gasteiger partial charge in [0.15, 0.2) is 0 Å². The van der Waals surface area contributed by atoms with E-state index in [4.69, 9.17) is 9.47 Å². The van der Waals surface area contributed by atoms with Crippen molar-refractivity contribution in [1.82, 2.24) is 4.98 Å². The number of hydrogen-bond acceptors (Lipinski definition) is 5. The topological polar surface area (TPSA) is 77.5 Å². The van der Waals surface area contributed by atoms with Gasteiger partial charge in [-0.15, -0.1) is 0 Å². The summed E-state index contributed by atoms with van der Waals surface area (Å²) in [4.78, 5) is 27.4. The third-order valence-electron chi connectivity index (χ3n) is 2.23. The van der Waals surface area contributed by atoms with Crippen LogP contribution in [0.25, 0.3) is 0 Å². The van der Waals surface area contributed by atoms with Gasteiger partial charge < -0.3 is 9.47 Å².